The van der Waals surface area contributed by atoms with Crippen molar-refractivity contribution in [1.82, 2.24) is 19.7 Å². The van der Waals surface area contributed by atoms with Crippen molar-refractivity contribution in [2.75, 3.05) is 31.6 Å². The van der Waals surface area contributed by atoms with Gasteiger partial charge in [0.2, 0.25) is 0 Å². The Kier molecular flexibility index (Phi) is 6.74. The second-order valence-electron chi connectivity index (χ2n) is 9.18. The number of benzene rings is 1. The number of morpholine rings is 1. The van der Waals surface area contributed by atoms with E-state index in [4.69, 9.17) is 9.72 Å². The summed E-state index contributed by atoms with van der Waals surface area (Å²) in [6, 6.07) is 8.56. The summed E-state index contributed by atoms with van der Waals surface area (Å²) in [5.41, 5.74) is 5.80. The van der Waals surface area contributed by atoms with Crippen LogP contribution in [0.1, 0.15) is 46.6 Å². The second-order valence-corrected chi connectivity index (χ2v) is 9.18. The van der Waals surface area contributed by atoms with Crippen LogP contribution >= 0.6 is 0 Å². The quantitative estimate of drug-likeness (QED) is 0.587. The fourth-order valence-corrected chi connectivity index (χ4v) is 4.96. The maximum atomic E-state index is 13.2. The van der Waals surface area contributed by atoms with Gasteiger partial charge in [-0.05, 0) is 74.6 Å². The van der Waals surface area contributed by atoms with Crippen LogP contribution in [-0.4, -0.2) is 57.9 Å². The van der Waals surface area contributed by atoms with Crippen molar-refractivity contribution in [3.63, 3.8) is 0 Å². The van der Waals surface area contributed by atoms with Crippen molar-refractivity contribution in [1.29, 1.82) is 0 Å². The second kappa shape index (κ2) is 10.1. The molecular formula is C27H30FN5O2. The summed E-state index contributed by atoms with van der Waals surface area (Å²) in [7, 11) is 0. The molecule has 2 aromatic heterocycles. The standard InChI is InChI=1S/C27H30FN5O2/c1-18-15-22(16-29-26(18)20-3-7-23(8-4-20)32-11-13-35-14-12-32)31-27(34)25-17-30-33(19(25)2)24-9-5-21(28)6-10-24/h3,5-6,9-10,15-17,23H,4,7-8,11-14H2,1-2H3,(H,31,34). The van der Waals surface area contributed by atoms with Crippen LogP contribution in [0.15, 0.2) is 48.8 Å². The molecule has 5 rings (SSSR count). The SMILES string of the molecule is Cc1cc(NC(=O)c2cnn(-c3ccc(F)cc3)c2C)cnc1C1=CCC(N2CCOCC2)CC1. The summed E-state index contributed by atoms with van der Waals surface area (Å²) in [5, 5.41) is 7.25. The average molecular weight is 476 g/mol. The first-order valence-corrected chi connectivity index (χ1v) is 12.1. The minimum absolute atomic E-state index is 0.255. The Hall–Kier alpha value is -3.36. The number of allylic oxidation sites excluding steroid dienone is 1. The molecule has 1 fully saturated rings. The van der Waals surface area contributed by atoms with Gasteiger partial charge in [0.15, 0.2) is 0 Å². The monoisotopic (exact) mass is 475 g/mol. The lowest BCUT2D eigenvalue weighted by atomic mass is 9.90. The number of hydrogen-bond acceptors (Lipinski definition) is 5. The third-order valence-electron chi connectivity index (χ3n) is 6.91. The van der Waals surface area contributed by atoms with Crippen LogP contribution in [0.3, 0.4) is 0 Å². The van der Waals surface area contributed by atoms with Crippen LogP contribution in [0.5, 0.6) is 0 Å². The fourth-order valence-electron chi connectivity index (χ4n) is 4.96. The van der Waals surface area contributed by atoms with Gasteiger partial charge >= 0.3 is 0 Å². The average Bonchev–Trinajstić information content (AvgIpc) is 3.27. The number of hydrogen-bond donors (Lipinski definition) is 1. The molecule has 1 N–H and O–H groups in total. The first-order valence-electron chi connectivity index (χ1n) is 12.1. The lowest BCUT2D eigenvalue weighted by Gasteiger charge is -2.36. The predicted octanol–water partition coefficient (Wildman–Crippen LogP) is 4.54. The van der Waals surface area contributed by atoms with Crippen LogP contribution in [-0.2, 0) is 4.74 Å². The van der Waals surface area contributed by atoms with Crippen LogP contribution in [0.25, 0.3) is 11.3 Å². The molecule has 1 aliphatic heterocycles. The Labute approximate surface area is 204 Å². The Morgan fingerprint density at radius 3 is 2.60 bits per heavy atom. The number of halogens is 1. The zero-order valence-corrected chi connectivity index (χ0v) is 20.1. The minimum atomic E-state index is -0.316. The summed E-state index contributed by atoms with van der Waals surface area (Å²) in [4.78, 5) is 20.2. The molecule has 3 heterocycles. The molecule has 1 unspecified atom stereocenters. The normalized spacial score (nSPS) is 18.8. The van der Waals surface area contributed by atoms with Gasteiger partial charge in [0.05, 0.1) is 53.9 Å². The van der Waals surface area contributed by atoms with Crippen molar-refractivity contribution < 1.29 is 13.9 Å². The lowest BCUT2D eigenvalue weighted by molar-refractivity contribution is 0.0150. The molecule has 0 bridgehead atoms. The molecule has 0 radical (unpaired) electrons. The van der Waals surface area contributed by atoms with Gasteiger partial charge < -0.3 is 10.1 Å². The molecule has 1 saturated heterocycles. The third kappa shape index (κ3) is 5.04. The van der Waals surface area contributed by atoms with Crippen LogP contribution in [0.4, 0.5) is 10.1 Å². The molecule has 1 atom stereocenters. The predicted molar refractivity (Wildman–Crippen MR) is 133 cm³/mol. The van der Waals surface area contributed by atoms with Gasteiger partial charge in [0, 0.05) is 19.1 Å². The number of ether oxygens (including phenoxy) is 1. The first-order chi connectivity index (χ1) is 17.0. The number of nitrogens with one attached hydrogen (secondary N) is 1. The van der Waals surface area contributed by atoms with Crippen molar-refractivity contribution in [3.8, 4) is 5.69 Å². The summed E-state index contributed by atoms with van der Waals surface area (Å²) < 4.78 is 20.4. The Morgan fingerprint density at radius 2 is 1.91 bits per heavy atom. The van der Waals surface area contributed by atoms with E-state index >= 15 is 0 Å². The summed E-state index contributed by atoms with van der Waals surface area (Å²) >= 11 is 0. The largest absolute Gasteiger partial charge is 0.379 e. The Bertz CT molecular complexity index is 1240. The van der Waals surface area contributed by atoms with Gasteiger partial charge in [-0.25, -0.2) is 9.07 Å². The van der Waals surface area contributed by atoms with Crippen LogP contribution in [0.2, 0.25) is 0 Å². The smallest absolute Gasteiger partial charge is 0.259 e. The zero-order chi connectivity index (χ0) is 24.4. The van der Waals surface area contributed by atoms with Gasteiger partial charge in [-0.3, -0.25) is 14.7 Å². The molecule has 2 aliphatic rings. The van der Waals surface area contributed by atoms with E-state index < -0.39 is 0 Å². The highest BCUT2D eigenvalue weighted by Gasteiger charge is 2.24. The van der Waals surface area contributed by atoms with Crippen molar-refractivity contribution in [3.05, 3.63) is 77.1 Å². The first kappa shape index (κ1) is 23.4. The number of amides is 1. The van der Waals surface area contributed by atoms with Crippen LogP contribution < -0.4 is 5.32 Å². The lowest BCUT2D eigenvalue weighted by Crippen LogP contribution is -2.43. The van der Waals surface area contributed by atoms with E-state index in [9.17, 15) is 9.18 Å². The van der Waals surface area contributed by atoms with Crippen molar-refractivity contribution in [2.24, 2.45) is 0 Å². The van der Waals surface area contributed by atoms with E-state index in [0.717, 1.165) is 56.8 Å². The maximum absolute atomic E-state index is 13.2. The highest BCUT2D eigenvalue weighted by Crippen LogP contribution is 2.31. The van der Waals surface area contributed by atoms with E-state index in [1.165, 1.54) is 23.9 Å². The number of anilines is 1. The molecule has 7 nitrogen and oxygen atoms in total. The molecular weight excluding hydrogens is 445 g/mol. The third-order valence-corrected chi connectivity index (χ3v) is 6.91. The molecule has 1 aromatic carbocycles. The maximum Gasteiger partial charge on any atom is 0.259 e. The fraction of sp³-hybridized carbons (Fsp3) is 0.370. The Morgan fingerprint density at radius 1 is 1.14 bits per heavy atom. The molecule has 8 heteroatoms. The molecule has 0 saturated carbocycles. The number of carbonyl (C=O) groups is 1. The minimum Gasteiger partial charge on any atom is -0.379 e. The molecule has 3 aromatic rings. The highest BCUT2D eigenvalue weighted by molar-refractivity contribution is 6.05. The number of rotatable bonds is 5. The summed E-state index contributed by atoms with van der Waals surface area (Å²) in [5.74, 6) is -0.571. The number of pyridine rings is 1. The molecule has 0 spiro atoms. The van der Waals surface area contributed by atoms with Crippen molar-refractivity contribution in [2.45, 2.75) is 39.2 Å². The summed E-state index contributed by atoms with van der Waals surface area (Å²) in [6.07, 6.45) is 8.73. The van der Waals surface area contributed by atoms with E-state index in [-0.39, 0.29) is 11.7 Å². The van der Waals surface area contributed by atoms with Gasteiger partial charge in [-0.15, -0.1) is 0 Å². The molecule has 35 heavy (non-hydrogen) atoms. The van der Waals surface area contributed by atoms with E-state index in [1.54, 1.807) is 23.0 Å². The molecule has 1 amide bonds. The highest BCUT2D eigenvalue weighted by atomic mass is 19.1. The number of aromatic nitrogens is 3. The number of aryl methyl sites for hydroxylation is 1. The number of nitrogens with zero attached hydrogens (tertiary/aromatic N) is 4. The van der Waals surface area contributed by atoms with Gasteiger partial charge in [0.1, 0.15) is 5.82 Å². The van der Waals surface area contributed by atoms with Gasteiger partial charge in [-0.2, -0.15) is 5.10 Å². The van der Waals surface area contributed by atoms with E-state index in [1.807, 2.05) is 19.9 Å². The molecule has 182 valence electrons. The summed E-state index contributed by atoms with van der Waals surface area (Å²) in [6.45, 7) is 7.53. The van der Waals surface area contributed by atoms with Crippen LogP contribution in [0, 0.1) is 19.7 Å². The molecule has 1 aliphatic carbocycles. The Balaban J connectivity index is 1.26. The zero-order valence-electron chi connectivity index (χ0n) is 20.1. The van der Waals surface area contributed by atoms with Gasteiger partial charge in [0.25, 0.3) is 5.91 Å². The topological polar surface area (TPSA) is 72.3 Å². The van der Waals surface area contributed by atoms with Crippen molar-refractivity contribution >= 4 is 17.2 Å². The van der Waals surface area contributed by atoms with E-state index in [0.29, 0.717) is 28.7 Å². The van der Waals surface area contributed by atoms with E-state index in [2.05, 4.69) is 21.4 Å². The van der Waals surface area contributed by atoms with Gasteiger partial charge in [-0.1, -0.05) is 6.08 Å². The number of carbonyl (C=O) groups excluding carboxylic acids is 1.